The van der Waals surface area contributed by atoms with E-state index in [1.807, 2.05) is 0 Å². The molecule has 2 amide bonds. The van der Waals surface area contributed by atoms with E-state index in [0.29, 0.717) is 25.4 Å². The van der Waals surface area contributed by atoms with E-state index in [1.54, 1.807) is 23.9 Å². The zero-order valence-corrected chi connectivity index (χ0v) is 11.8. The van der Waals surface area contributed by atoms with Crippen molar-refractivity contribution in [3.05, 3.63) is 12.2 Å². The maximum absolute atomic E-state index is 12.4. The van der Waals surface area contributed by atoms with Crippen molar-refractivity contribution in [2.45, 2.75) is 25.3 Å². The molecule has 0 saturated carbocycles. The molecule has 19 heavy (non-hydrogen) atoms. The first-order chi connectivity index (χ1) is 9.09. The average Bonchev–Trinajstić information content (AvgIpc) is 2.90. The molecule has 1 heterocycles. The van der Waals surface area contributed by atoms with E-state index in [1.165, 1.54) is 0 Å². The van der Waals surface area contributed by atoms with Crippen LogP contribution >= 0.6 is 0 Å². The van der Waals surface area contributed by atoms with Crippen molar-refractivity contribution in [3.63, 3.8) is 0 Å². The maximum Gasteiger partial charge on any atom is 0.246 e. The van der Waals surface area contributed by atoms with Gasteiger partial charge in [0.1, 0.15) is 6.04 Å². The Morgan fingerprint density at radius 2 is 2.21 bits per heavy atom. The Balaban J connectivity index is 1.99. The number of rotatable bonds is 3. The first kappa shape index (κ1) is 14.1. The lowest BCUT2D eigenvalue weighted by atomic mass is 10.0. The highest BCUT2D eigenvalue weighted by Crippen LogP contribution is 2.22. The number of carbonyl (C=O) groups excluding carboxylic acids is 2. The van der Waals surface area contributed by atoms with Crippen LogP contribution in [0.5, 0.6) is 0 Å². The number of amides is 2. The van der Waals surface area contributed by atoms with Crippen molar-refractivity contribution in [3.8, 4) is 0 Å². The van der Waals surface area contributed by atoms with Gasteiger partial charge in [-0.2, -0.15) is 0 Å². The number of hydrogen-bond acceptors (Lipinski definition) is 3. The monoisotopic (exact) mass is 265 g/mol. The van der Waals surface area contributed by atoms with Crippen LogP contribution in [0.4, 0.5) is 0 Å². The largest absolute Gasteiger partial charge is 0.347 e. The van der Waals surface area contributed by atoms with Crippen LogP contribution in [0, 0.1) is 5.92 Å². The normalized spacial score (nSPS) is 26.5. The van der Waals surface area contributed by atoms with Gasteiger partial charge in [0.05, 0.1) is 0 Å². The second-order valence-corrected chi connectivity index (χ2v) is 5.51. The van der Waals surface area contributed by atoms with E-state index in [4.69, 9.17) is 0 Å². The highest BCUT2D eigenvalue weighted by molar-refractivity contribution is 5.88. The predicted octanol–water partition coefficient (Wildman–Crippen LogP) is 0.231. The standard InChI is InChI=1S/C14H23N3O2/c1-16(2)14(19)12-10-15-7-8-17(12)13(18)9-11-5-3-4-6-11/h3,5,11-12,15H,4,6-10H2,1-2H3. The molecule has 2 unspecified atom stereocenters. The molecule has 1 fully saturated rings. The van der Waals surface area contributed by atoms with E-state index >= 15 is 0 Å². The zero-order valence-electron chi connectivity index (χ0n) is 11.8. The smallest absolute Gasteiger partial charge is 0.246 e. The third-order valence-electron chi connectivity index (χ3n) is 3.84. The molecule has 0 radical (unpaired) electrons. The van der Waals surface area contributed by atoms with Gasteiger partial charge in [-0.05, 0) is 18.8 Å². The Kier molecular flexibility index (Phi) is 4.58. The summed E-state index contributed by atoms with van der Waals surface area (Å²) in [5.74, 6) is 0.471. The van der Waals surface area contributed by atoms with Gasteiger partial charge in [0, 0.05) is 40.2 Å². The first-order valence-electron chi connectivity index (χ1n) is 6.97. The van der Waals surface area contributed by atoms with Crippen LogP contribution in [0.1, 0.15) is 19.3 Å². The van der Waals surface area contributed by atoms with Gasteiger partial charge in [-0.3, -0.25) is 9.59 Å². The van der Waals surface area contributed by atoms with Crippen LogP contribution in [0.2, 0.25) is 0 Å². The molecule has 5 heteroatoms. The van der Waals surface area contributed by atoms with Crippen molar-refractivity contribution in [2.75, 3.05) is 33.7 Å². The molecule has 2 atom stereocenters. The molecule has 1 N–H and O–H groups in total. The summed E-state index contributed by atoms with van der Waals surface area (Å²) in [5.41, 5.74) is 0. The van der Waals surface area contributed by atoms with Crippen molar-refractivity contribution in [1.82, 2.24) is 15.1 Å². The lowest BCUT2D eigenvalue weighted by Crippen LogP contribution is -2.59. The summed E-state index contributed by atoms with van der Waals surface area (Å²) in [4.78, 5) is 27.8. The second kappa shape index (κ2) is 6.19. The summed E-state index contributed by atoms with van der Waals surface area (Å²) in [7, 11) is 3.47. The summed E-state index contributed by atoms with van der Waals surface area (Å²) in [6.07, 6.45) is 6.93. The van der Waals surface area contributed by atoms with E-state index in [-0.39, 0.29) is 17.9 Å². The number of nitrogens with one attached hydrogen (secondary N) is 1. The summed E-state index contributed by atoms with van der Waals surface area (Å²) in [6.45, 7) is 1.95. The highest BCUT2D eigenvalue weighted by Gasteiger charge is 2.33. The number of nitrogens with zero attached hydrogens (tertiary/aromatic N) is 2. The van der Waals surface area contributed by atoms with E-state index in [2.05, 4.69) is 17.5 Å². The van der Waals surface area contributed by atoms with Crippen molar-refractivity contribution < 1.29 is 9.59 Å². The number of hydrogen-bond donors (Lipinski definition) is 1. The van der Waals surface area contributed by atoms with Crippen molar-refractivity contribution in [1.29, 1.82) is 0 Å². The van der Waals surface area contributed by atoms with Crippen LogP contribution < -0.4 is 5.32 Å². The lowest BCUT2D eigenvalue weighted by molar-refractivity contribution is -0.145. The molecule has 0 spiro atoms. The van der Waals surface area contributed by atoms with Crippen molar-refractivity contribution >= 4 is 11.8 Å². The Morgan fingerprint density at radius 3 is 2.84 bits per heavy atom. The van der Waals surface area contributed by atoms with Gasteiger partial charge in [0.2, 0.25) is 11.8 Å². The van der Waals surface area contributed by atoms with Crippen LogP contribution in [0.15, 0.2) is 12.2 Å². The predicted molar refractivity (Wildman–Crippen MR) is 73.5 cm³/mol. The van der Waals surface area contributed by atoms with E-state index in [9.17, 15) is 9.59 Å². The highest BCUT2D eigenvalue weighted by atomic mass is 16.2. The molecule has 2 rings (SSSR count). The Labute approximate surface area is 114 Å². The van der Waals surface area contributed by atoms with Crippen LogP contribution in [-0.2, 0) is 9.59 Å². The van der Waals surface area contributed by atoms with E-state index < -0.39 is 0 Å². The fourth-order valence-electron chi connectivity index (χ4n) is 2.73. The number of carbonyl (C=O) groups is 2. The van der Waals surface area contributed by atoms with Gasteiger partial charge in [-0.15, -0.1) is 0 Å². The molecule has 2 aliphatic rings. The topological polar surface area (TPSA) is 52.7 Å². The molecule has 1 aliphatic heterocycles. The van der Waals surface area contributed by atoms with E-state index in [0.717, 1.165) is 19.4 Å². The molecule has 1 aliphatic carbocycles. The molecule has 0 aromatic rings. The molecular formula is C14H23N3O2. The first-order valence-corrected chi connectivity index (χ1v) is 6.97. The maximum atomic E-state index is 12.4. The molecule has 5 nitrogen and oxygen atoms in total. The number of piperazine rings is 1. The molecule has 0 bridgehead atoms. The Morgan fingerprint density at radius 1 is 1.42 bits per heavy atom. The third-order valence-corrected chi connectivity index (χ3v) is 3.84. The fraction of sp³-hybridized carbons (Fsp3) is 0.714. The third kappa shape index (κ3) is 3.35. The fourth-order valence-corrected chi connectivity index (χ4v) is 2.73. The number of allylic oxidation sites excluding steroid dienone is 2. The van der Waals surface area contributed by atoms with Crippen LogP contribution in [-0.4, -0.2) is 61.4 Å². The molecular weight excluding hydrogens is 242 g/mol. The van der Waals surface area contributed by atoms with Gasteiger partial charge < -0.3 is 15.1 Å². The van der Waals surface area contributed by atoms with Crippen LogP contribution in [0.3, 0.4) is 0 Å². The lowest BCUT2D eigenvalue weighted by Gasteiger charge is -2.37. The SMILES string of the molecule is CN(C)C(=O)C1CNCCN1C(=O)CC1C=CCC1. The summed E-state index contributed by atoms with van der Waals surface area (Å²) in [5, 5.41) is 3.19. The minimum Gasteiger partial charge on any atom is -0.347 e. The zero-order chi connectivity index (χ0) is 13.8. The molecule has 0 aromatic heterocycles. The van der Waals surface area contributed by atoms with Gasteiger partial charge in [0.15, 0.2) is 0 Å². The average molecular weight is 265 g/mol. The quantitative estimate of drug-likeness (QED) is 0.743. The minimum absolute atomic E-state index is 0.00233. The summed E-state index contributed by atoms with van der Waals surface area (Å²) < 4.78 is 0. The summed E-state index contributed by atoms with van der Waals surface area (Å²) in [6, 6.07) is -0.346. The minimum atomic E-state index is -0.346. The molecule has 0 aromatic carbocycles. The van der Waals surface area contributed by atoms with Gasteiger partial charge in [0.25, 0.3) is 0 Å². The van der Waals surface area contributed by atoms with Gasteiger partial charge >= 0.3 is 0 Å². The number of likely N-dealkylation sites (N-methyl/N-ethyl adjacent to an activating group) is 1. The van der Waals surface area contributed by atoms with Crippen LogP contribution in [0.25, 0.3) is 0 Å². The van der Waals surface area contributed by atoms with Gasteiger partial charge in [-0.1, -0.05) is 12.2 Å². The van der Waals surface area contributed by atoms with Gasteiger partial charge in [-0.25, -0.2) is 0 Å². The Hall–Kier alpha value is -1.36. The molecule has 1 saturated heterocycles. The summed E-state index contributed by atoms with van der Waals surface area (Å²) >= 11 is 0. The molecule has 106 valence electrons. The second-order valence-electron chi connectivity index (χ2n) is 5.51. The van der Waals surface area contributed by atoms with Crippen molar-refractivity contribution in [2.24, 2.45) is 5.92 Å². The Bertz CT molecular complexity index is 379.